The van der Waals surface area contributed by atoms with Gasteiger partial charge in [-0.2, -0.15) is 0 Å². The maximum atomic E-state index is 13.1. The van der Waals surface area contributed by atoms with Crippen LogP contribution in [0.1, 0.15) is 30.9 Å². The van der Waals surface area contributed by atoms with Gasteiger partial charge >= 0.3 is 0 Å². The fourth-order valence-corrected chi connectivity index (χ4v) is 4.08. The van der Waals surface area contributed by atoms with Crippen LogP contribution in [0, 0.1) is 5.41 Å². The van der Waals surface area contributed by atoms with Crippen molar-refractivity contribution >= 4 is 11.8 Å². The van der Waals surface area contributed by atoms with Crippen LogP contribution >= 0.6 is 0 Å². The van der Waals surface area contributed by atoms with Crippen LogP contribution in [0.3, 0.4) is 0 Å². The first-order valence-electron chi connectivity index (χ1n) is 8.72. The number of amides is 2. The van der Waals surface area contributed by atoms with Gasteiger partial charge in [-0.05, 0) is 25.3 Å². The van der Waals surface area contributed by atoms with Gasteiger partial charge in [-0.15, -0.1) is 0 Å². The summed E-state index contributed by atoms with van der Waals surface area (Å²) in [6.45, 7) is 3.26. The lowest BCUT2D eigenvalue weighted by Gasteiger charge is -2.38. The average molecular weight is 329 g/mol. The van der Waals surface area contributed by atoms with Gasteiger partial charge in [0.05, 0.1) is 5.41 Å². The summed E-state index contributed by atoms with van der Waals surface area (Å²) in [5, 5.41) is 6.25. The number of hydrogen-bond donors (Lipinski definition) is 2. The van der Waals surface area contributed by atoms with Crippen molar-refractivity contribution in [3.8, 4) is 5.75 Å². The Bertz CT molecular complexity index is 653. The lowest BCUT2D eigenvalue weighted by atomic mass is 9.77. The van der Waals surface area contributed by atoms with Gasteiger partial charge in [-0.25, -0.2) is 0 Å². The normalized spacial score (nSPS) is 25.6. The summed E-state index contributed by atoms with van der Waals surface area (Å²) in [7, 11) is 0. The fourth-order valence-electron chi connectivity index (χ4n) is 4.08. The molecule has 1 spiro atoms. The smallest absolute Gasteiger partial charge is 0.244 e. The fraction of sp³-hybridized carbons (Fsp3) is 0.556. The molecule has 24 heavy (non-hydrogen) atoms. The number of hydrogen-bond acceptors (Lipinski definition) is 4. The Labute approximate surface area is 141 Å². The minimum Gasteiger partial charge on any atom is -0.492 e. The van der Waals surface area contributed by atoms with E-state index in [1.165, 1.54) is 0 Å². The highest BCUT2D eigenvalue weighted by atomic mass is 16.5. The molecular formula is C18H23N3O3. The highest BCUT2D eigenvalue weighted by Gasteiger charge is 2.45. The SMILES string of the molecule is O=C(C1NCCOc2ccccc21)N1CCC2(CCNC2=O)CC1. The second-order valence-corrected chi connectivity index (χ2v) is 6.88. The molecule has 6 heteroatoms. The summed E-state index contributed by atoms with van der Waals surface area (Å²) < 4.78 is 5.72. The number of para-hydroxylation sites is 1. The Morgan fingerprint density at radius 1 is 1.17 bits per heavy atom. The van der Waals surface area contributed by atoms with Gasteiger partial charge in [-0.3, -0.25) is 14.9 Å². The Morgan fingerprint density at radius 2 is 1.96 bits per heavy atom. The van der Waals surface area contributed by atoms with Gasteiger partial charge < -0.3 is 15.0 Å². The summed E-state index contributed by atoms with van der Waals surface area (Å²) >= 11 is 0. The summed E-state index contributed by atoms with van der Waals surface area (Å²) in [5.74, 6) is 1.03. The molecule has 1 aromatic rings. The van der Waals surface area contributed by atoms with E-state index in [0.717, 1.165) is 37.1 Å². The van der Waals surface area contributed by atoms with Crippen molar-refractivity contribution in [1.29, 1.82) is 0 Å². The van der Waals surface area contributed by atoms with E-state index < -0.39 is 0 Å². The molecule has 0 radical (unpaired) electrons. The maximum absolute atomic E-state index is 13.1. The van der Waals surface area contributed by atoms with E-state index >= 15 is 0 Å². The van der Waals surface area contributed by atoms with Crippen molar-refractivity contribution in [3.63, 3.8) is 0 Å². The summed E-state index contributed by atoms with van der Waals surface area (Å²) in [6, 6.07) is 7.36. The van der Waals surface area contributed by atoms with Crippen LogP contribution in [0.4, 0.5) is 0 Å². The molecule has 6 nitrogen and oxygen atoms in total. The zero-order valence-electron chi connectivity index (χ0n) is 13.7. The van der Waals surface area contributed by atoms with Crippen LogP contribution in [0.15, 0.2) is 24.3 Å². The van der Waals surface area contributed by atoms with E-state index in [1.807, 2.05) is 29.2 Å². The first-order chi connectivity index (χ1) is 11.7. The van der Waals surface area contributed by atoms with Gasteiger partial charge in [0, 0.05) is 31.7 Å². The van der Waals surface area contributed by atoms with Crippen molar-refractivity contribution in [3.05, 3.63) is 29.8 Å². The summed E-state index contributed by atoms with van der Waals surface area (Å²) in [4.78, 5) is 27.1. The Hall–Kier alpha value is -2.08. The second-order valence-electron chi connectivity index (χ2n) is 6.88. The van der Waals surface area contributed by atoms with Gasteiger partial charge in [0.2, 0.25) is 11.8 Å². The Morgan fingerprint density at radius 3 is 2.71 bits per heavy atom. The molecule has 2 N–H and O–H groups in total. The van der Waals surface area contributed by atoms with E-state index in [9.17, 15) is 9.59 Å². The quantitative estimate of drug-likeness (QED) is 0.801. The number of carbonyl (C=O) groups excluding carboxylic acids is 2. The lowest BCUT2D eigenvalue weighted by Crippen LogP contribution is -2.49. The average Bonchev–Trinajstić information content (AvgIpc) is 2.84. The summed E-state index contributed by atoms with van der Waals surface area (Å²) in [5.41, 5.74) is 0.660. The third-order valence-electron chi connectivity index (χ3n) is 5.59. The number of nitrogens with zero attached hydrogens (tertiary/aromatic N) is 1. The van der Waals surface area contributed by atoms with E-state index in [-0.39, 0.29) is 23.3 Å². The molecular weight excluding hydrogens is 306 g/mol. The molecule has 2 amide bonds. The van der Waals surface area contributed by atoms with Gasteiger partial charge in [0.1, 0.15) is 18.4 Å². The molecule has 0 saturated carbocycles. The van der Waals surface area contributed by atoms with Gasteiger partial charge in [0.15, 0.2) is 0 Å². The van der Waals surface area contributed by atoms with Crippen molar-refractivity contribution in [1.82, 2.24) is 15.5 Å². The largest absolute Gasteiger partial charge is 0.492 e. The first kappa shape index (κ1) is 15.4. The molecule has 0 aliphatic carbocycles. The van der Waals surface area contributed by atoms with E-state index in [4.69, 9.17) is 4.74 Å². The monoisotopic (exact) mass is 329 g/mol. The molecule has 0 bridgehead atoms. The van der Waals surface area contributed by atoms with Crippen LogP contribution in [0.5, 0.6) is 5.75 Å². The van der Waals surface area contributed by atoms with Gasteiger partial charge in [0.25, 0.3) is 0 Å². The highest BCUT2D eigenvalue weighted by Crippen LogP contribution is 2.39. The number of ether oxygens (including phenoxy) is 1. The number of benzene rings is 1. The lowest BCUT2D eigenvalue weighted by molar-refractivity contribution is -0.140. The summed E-state index contributed by atoms with van der Waals surface area (Å²) in [6.07, 6.45) is 2.41. The number of piperidine rings is 1. The molecule has 4 rings (SSSR count). The molecule has 0 aromatic heterocycles. The molecule has 3 aliphatic rings. The molecule has 1 unspecified atom stereocenters. The second kappa shape index (κ2) is 6.09. The molecule has 3 aliphatic heterocycles. The number of fused-ring (bicyclic) bond motifs is 1. The number of carbonyl (C=O) groups is 2. The zero-order chi connectivity index (χ0) is 16.6. The van der Waals surface area contributed by atoms with Crippen molar-refractivity contribution in [2.75, 3.05) is 32.8 Å². The van der Waals surface area contributed by atoms with E-state index in [0.29, 0.717) is 26.2 Å². The topological polar surface area (TPSA) is 70.7 Å². The predicted octanol–water partition coefficient (Wildman–Crippen LogP) is 0.838. The third kappa shape index (κ3) is 2.55. The zero-order valence-corrected chi connectivity index (χ0v) is 13.7. The molecule has 2 fully saturated rings. The van der Waals surface area contributed by atoms with Crippen LogP contribution in [0.25, 0.3) is 0 Å². The predicted molar refractivity (Wildman–Crippen MR) is 88.6 cm³/mol. The van der Waals surface area contributed by atoms with Gasteiger partial charge in [-0.1, -0.05) is 18.2 Å². The maximum Gasteiger partial charge on any atom is 0.244 e. The van der Waals surface area contributed by atoms with Crippen molar-refractivity contribution in [2.45, 2.75) is 25.3 Å². The van der Waals surface area contributed by atoms with E-state index in [1.54, 1.807) is 0 Å². The molecule has 1 atom stereocenters. The van der Waals surface area contributed by atoms with E-state index in [2.05, 4.69) is 10.6 Å². The third-order valence-corrected chi connectivity index (χ3v) is 5.59. The minimum absolute atomic E-state index is 0.0844. The van der Waals surface area contributed by atoms with Crippen LogP contribution in [0.2, 0.25) is 0 Å². The standard InChI is InChI=1S/C18H23N3O3/c22-16(15-13-3-1-2-4-14(13)24-12-9-19-15)21-10-6-18(7-11-21)5-8-20-17(18)23/h1-4,15,19H,5-12H2,(H,20,23). The van der Waals surface area contributed by atoms with Crippen molar-refractivity contribution in [2.24, 2.45) is 5.41 Å². The Kier molecular flexibility index (Phi) is 3.92. The molecule has 128 valence electrons. The molecule has 1 aromatic carbocycles. The number of nitrogens with one attached hydrogen (secondary N) is 2. The van der Waals surface area contributed by atoms with Crippen LogP contribution < -0.4 is 15.4 Å². The van der Waals surface area contributed by atoms with Crippen LogP contribution in [-0.2, 0) is 9.59 Å². The minimum atomic E-state index is -0.366. The Balaban J connectivity index is 1.50. The number of rotatable bonds is 1. The van der Waals surface area contributed by atoms with Crippen LogP contribution in [-0.4, -0.2) is 49.5 Å². The van der Waals surface area contributed by atoms with Crippen molar-refractivity contribution < 1.29 is 14.3 Å². The molecule has 2 saturated heterocycles. The highest BCUT2D eigenvalue weighted by molar-refractivity contribution is 5.87. The molecule has 3 heterocycles. The first-order valence-corrected chi connectivity index (χ1v) is 8.72. The number of likely N-dealkylation sites (tertiary alicyclic amines) is 1.